The van der Waals surface area contributed by atoms with Crippen molar-refractivity contribution in [3.05, 3.63) is 24.3 Å². The average Bonchev–Trinajstić information content (AvgIpc) is 2.31. The predicted molar refractivity (Wildman–Crippen MR) is 67.2 cm³/mol. The molecule has 0 spiro atoms. The Labute approximate surface area is 97.8 Å². The summed E-state index contributed by atoms with van der Waals surface area (Å²) in [5.74, 6) is 0.912. The molecule has 0 heterocycles. The van der Waals surface area contributed by atoms with Crippen molar-refractivity contribution in [2.24, 2.45) is 0 Å². The van der Waals surface area contributed by atoms with Crippen molar-refractivity contribution in [1.82, 2.24) is 0 Å². The van der Waals surface area contributed by atoms with Crippen LogP contribution in [0.2, 0.25) is 0 Å². The van der Waals surface area contributed by atoms with E-state index in [4.69, 9.17) is 9.47 Å². The van der Waals surface area contributed by atoms with Crippen molar-refractivity contribution < 1.29 is 9.47 Å². The molecule has 0 amide bonds. The monoisotopic (exact) mass is 223 g/mol. The second-order valence-corrected chi connectivity index (χ2v) is 3.50. The first kappa shape index (κ1) is 12.8. The summed E-state index contributed by atoms with van der Waals surface area (Å²) in [6.07, 6.45) is 1.07. The van der Waals surface area contributed by atoms with Crippen LogP contribution in [-0.4, -0.2) is 26.4 Å². The van der Waals surface area contributed by atoms with E-state index in [9.17, 15) is 0 Å². The smallest absolute Gasteiger partial charge is 0.119 e. The molecule has 1 N–H and O–H groups in total. The van der Waals surface area contributed by atoms with Crippen molar-refractivity contribution in [1.29, 1.82) is 0 Å². The third-order valence-corrected chi connectivity index (χ3v) is 2.09. The van der Waals surface area contributed by atoms with Crippen molar-refractivity contribution in [3.8, 4) is 5.75 Å². The minimum atomic E-state index is 0.706. The topological polar surface area (TPSA) is 30.5 Å². The maximum absolute atomic E-state index is 5.38. The molecule has 3 heteroatoms. The van der Waals surface area contributed by atoms with Gasteiger partial charge in [-0.2, -0.15) is 0 Å². The summed E-state index contributed by atoms with van der Waals surface area (Å²) < 4.78 is 10.7. The van der Waals surface area contributed by atoms with E-state index in [1.165, 1.54) is 0 Å². The Morgan fingerprint density at radius 3 is 2.44 bits per heavy atom. The van der Waals surface area contributed by atoms with Gasteiger partial charge in [0.15, 0.2) is 0 Å². The Bertz CT molecular complexity index is 272. The van der Waals surface area contributed by atoms with Crippen LogP contribution in [0.15, 0.2) is 24.3 Å². The third kappa shape index (κ3) is 5.03. The zero-order valence-electron chi connectivity index (χ0n) is 10.2. The van der Waals surface area contributed by atoms with Crippen molar-refractivity contribution >= 4 is 5.69 Å². The molecule has 0 saturated heterocycles. The van der Waals surface area contributed by atoms with Crippen LogP contribution in [0.4, 0.5) is 5.69 Å². The predicted octanol–water partition coefficient (Wildman–Crippen LogP) is 2.92. The van der Waals surface area contributed by atoms with Crippen LogP contribution in [0.3, 0.4) is 0 Å². The lowest BCUT2D eigenvalue weighted by Crippen LogP contribution is -2.09. The Kier molecular flexibility index (Phi) is 6.42. The highest BCUT2D eigenvalue weighted by Crippen LogP contribution is 2.15. The highest BCUT2D eigenvalue weighted by molar-refractivity contribution is 5.46. The van der Waals surface area contributed by atoms with E-state index >= 15 is 0 Å². The fourth-order valence-corrected chi connectivity index (χ4v) is 1.35. The number of nitrogens with one attached hydrogen (secondary N) is 1. The van der Waals surface area contributed by atoms with Gasteiger partial charge in [-0.1, -0.05) is 6.92 Å². The molecular formula is C13H21NO2. The van der Waals surface area contributed by atoms with Gasteiger partial charge in [-0.15, -0.1) is 0 Å². The van der Waals surface area contributed by atoms with E-state index < -0.39 is 0 Å². The Hall–Kier alpha value is -1.22. The third-order valence-electron chi connectivity index (χ3n) is 2.09. The van der Waals surface area contributed by atoms with Gasteiger partial charge in [-0.05, 0) is 37.6 Å². The minimum Gasteiger partial charge on any atom is -0.494 e. The van der Waals surface area contributed by atoms with Gasteiger partial charge >= 0.3 is 0 Å². The fourth-order valence-electron chi connectivity index (χ4n) is 1.35. The number of rotatable bonds is 8. The summed E-state index contributed by atoms with van der Waals surface area (Å²) in [5, 5.41) is 3.29. The molecule has 0 aliphatic heterocycles. The molecule has 0 unspecified atom stereocenters. The summed E-state index contributed by atoms with van der Waals surface area (Å²) in [7, 11) is 0. The molecular weight excluding hydrogens is 202 g/mol. The highest BCUT2D eigenvalue weighted by atomic mass is 16.5. The lowest BCUT2D eigenvalue weighted by atomic mass is 10.3. The van der Waals surface area contributed by atoms with Crippen LogP contribution in [0.25, 0.3) is 0 Å². The van der Waals surface area contributed by atoms with Gasteiger partial charge in [0.2, 0.25) is 0 Å². The summed E-state index contributed by atoms with van der Waals surface area (Å²) in [5.41, 5.74) is 1.10. The van der Waals surface area contributed by atoms with E-state index in [1.54, 1.807) is 0 Å². The molecule has 1 aromatic carbocycles. The molecule has 3 nitrogen and oxygen atoms in total. The van der Waals surface area contributed by atoms with Gasteiger partial charge in [0.05, 0.1) is 13.2 Å². The van der Waals surface area contributed by atoms with Gasteiger partial charge < -0.3 is 14.8 Å². The molecule has 1 aromatic rings. The van der Waals surface area contributed by atoms with Crippen molar-refractivity contribution in [2.75, 3.05) is 31.7 Å². The first-order valence-electron chi connectivity index (χ1n) is 5.91. The second-order valence-electron chi connectivity index (χ2n) is 3.50. The van der Waals surface area contributed by atoms with E-state index in [-0.39, 0.29) is 0 Å². The average molecular weight is 223 g/mol. The van der Waals surface area contributed by atoms with Crippen LogP contribution >= 0.6 is 0 Å². The van der Waals surface area contributed by atoms with Gasteiger partial charge in [-0.3, -0.25) is 0 Å². The fraction of sp³-hybridized carbons (Fsp3) is 0.538. The first-order valence-corrected chi connectivity index (χ1v) is 5.91. The molecule has 90 valence electrons. The number of benzene rings is 1. The number of anilines is 1. The zero-order chi connectivity index (χ0) is 11.6. The molecule has 0 fully saturated rings. The molecule has 0 atom stereocenters. The van der Waals surface area contributed by atoms with E-state index in [2.05, 4.69) is 12.2 Å². The number of hydrogen-bond acceptors (Lipinski definition) is 3. The van der Waals surface area contributed by atoms with Crippen LogP contribution in [-0.2, 0) is 4.74 Å². The lowest BCUT2D eigenvalue weighted by molar-refractivity contribution is 0.144. The SMILES string of the molecule is CCCOCCNc1ccc(OCC)cc1. The highest BCUT2D eigenvalue weighted by Gasteiger charge is 1.94. The Morgan fingerprint density at radius 1 is 1.06 bits per heavy atom. The zero-order valence-corrected chi connectivity index (χ0v) is 10.2. The van der Waals surface area contributed by atoms with Gasteiger partial charge in [0, 0.05) is 18.8 Å². The standard InChI is InChI=1S/C13H21NO2/c1-3-10-15-11-9-14-12-5-7-13(8-6-12)16-4-2/h5-8,14H,3-4,9-11H2,1-2H3. The number of hydrogen-bond donors (Lipinski definition) is 1. The largest absolute Gasteiger partial charge is 0.494 e. The van der Waals surface area contributed by atoms with Gasteiger partial charge in [0.25, 0.3) is 0 Å². The normalized spacial score (nSPS) is 10.1. The molecule has 16 heavy (non-hydrogen) atoms. The van der Waals surface area contributed by atoms with Gasteiger partial charge in [0.1, 0.15) is 5.75 Å². The molecule has 0 saturated carbocycles. The quantitative estimate of drug-likeness (QED) is 0.687. The van der Waals surface area contributed by atoms with Gasteiger partial charge in [-0.25, -0.2) is 0 Å². The second kappa shape index (κ2) is 7.99. The van der Waals surface area contributed by atoms with E-state index in [0.29, 0.717) is 6.61 Å². The van der Waals surface area contributed by atoms with Crippen LogP contribution in [0.5, 0.6) is 5.75 Å². The summed E-state index contributed by atoms with van der Waals surface area (Å²) in [6, 6.07) is 7.98. The van der Waals surface area contributed by atoms with E-state index in [1.807, 2.05) is 31.2 Å². The Morgan fingerprint density at radius 2 is 1.81 bits per heavy atom. The molecule has 0 bridgehead atoms. The summed E-state index contributed by atoms with van der Waals surface area (Å²) in [6.45, 7) is 7.23. The minimum absolute atomic E-state index is 0.706. The molecule has 0 radical (unpaired) electrons. The maximum atomic E-state index is 5.38. The van der Waals surface area contributed by atoms with Crippen molar-refractivity contribution in [2.45, 2.75) is 20.3 Å². The van der Waals surface area contributed by atoms with Crippen LogP contribution in [0, 0.1) is 0 Å². The molecule has 0 aliphatic rings. The van der Waals surface area contributed by atoms with Crippen molar-refractivity contribution in [3.63, 3.8) is 0 Å². The summed E-state index contributed by atoms with van der Waals surface area (Å²) >= 11 is 0. The summed E-state index contributed by atoms with van der Waals surface area (Å²) in [4.78, 5) is 0. The number of ether oxygens (including phenoxy) is 2. The van der Waals surface area contributed by atoms with E-state index in [0.717, 1.165) is 37.6 Å². The lowest BCUT2D eigenvalue weighted by Gasteiger charge is -2.08. The molecule has 0 aromatic heterocycles. The molecule has 1 rings (SSSR count). The molecule has 0 aliphatic carbocycles. The van der Waals surface area contributed by atoms with Crippen LogP contribution in [0.1, 0.15) is 20.3 Å². The maximum Gasteiger partial charge on any atom is 0.119 e. The Balaban J connectivity index is 2.21. The van der Waals surface area contributed by atoms with Crippen LogP contribution < -0.4 is 10.1 Å². The first-order chi connectivity index (χ1) is 7.86.